The summed E-state index contributed by atoms with van der Waals surface area (Å²) in [6, 6.07) is 31.2. The highest BCUT2D eigenvalue weighted by Crippen LogP contribution is 2.35. The molecule has 1 heterocycles. The van der Waals surface area contributed by atoms with Crippen molar-refractivity contribution < 1.29 is 14.4 Å². The van der Waals surface area contributed by atoms with E-state index >= 15 is 0 Å². The van der Waals surface area contributed by atoms with Crippen LogP contribution in [0.25, 0.3) is 0 Å². The predicted octanol–water partition coefficient (Wildman–Crippen LogP) is 4.21. The van der Waals surface area contributed by atoms with E-state index in [4.69, 9.17) is 5.73 Å². The standard InChI is InChI=1S/C32H30N4O3/c33-20-24-12-7-13-25(16-24)21-34-31(38)26-14-15-28-27(19-26)35-32(39)29(17-22-8-3-1-4-9-22)36(28)30(37)18-23-10-5-2-6-11-23/h1-16,19,29H,17-18,20-21,33H2,(H,34,38)(H,35,39). The quantitative estimate of drug-likeness (QED) is 0.325. The second-order valence-corrected chi connectivity index (χ2v) is 9.56. The van der Waals surface area contributed by atoms with Gasteiger partial charge in [-0.05, 0) is 40.5 Å². The minimum atomic E-state index is -0.717. The van der Waals surface area contributed by atoms with Crippen LogP contribution in [0.15, 0.2) is 103 Å². The van der Waals surface area contributed by atoms with Gasteiger partial charge in [-0.1, -0.05) is 84.9 Å². The van der Waals surface area contributed by atoms with Gasteiger partial charge in [0.05, 0.1) is 17.8 Å². The van der Waals surface area contributed by atoms with E-state index in [0.717, 1.165) is 22.3 Å². The summed E-state index contributed by atoms with van der Waals surface area (Å²) in [6.45, 7) is 0.772. The van der Waals surface area contributed by atoms with Crippen molar-refractivity contribution in [1.82, 2.24) is 5.32 Å². The Morgan fingerprint density at radius 1 is 0.795 bits per heavy atom. The Morgan fingerprint density at radius 2 is 1.46 bits per heavy atom. The maximum Gasteiger partial charge on any atom is 0.251 e. The normalized spacial score (nSPS) is 14.3. The molecule has 4 N–H and O–H groups in total. The van der Waals surface area contributed by atoms with Gasteiger partial charge in [-0.3, -0.25) is 19.3 Å². The molecule has 39 heavy (non-hydrogen) atoms. The Balaban J connectivity index is 1.41. The number of nitrogens with one attached hydrogen (secondary N) is 2. The first kappa shape index (κ1) is 25.9. The number of carbonyl (C=O) groups is 3. The van der Waals surface area contributed by atoms with E-state index in [9.17, 15) is 14.4 Å². The summed E-state index contributed by atoms with van der Waals surface area (Å²) in [6.07, 6.45) is 0.527. The third-order valence-electron chi connectivity index (χ3n) is 6.81. The maximum atomic E-state index is 13.7. The van der Waals surface area contributed by atoms with Crippen LogP contribution in [0.2, 0.25) is 0 Å². The maximum absolute atomic E-state index is 13.7. The minimum Gasteiger partial charge on any atom is -0.348 e. The topological polar surface area (TPSA) is 105 Å². The Morgan fingerprint density at radius 3 is 2.18 bits per heavy atom. The van der Waals surface area contributed by atoms with Gasteiger partial charge >= 0.3 is 0 Å². The molecule has 1 atom stereocenters. The van der Waals surface area contributed by atoms with Gasteiger partial charge in [0.2, 0.25) is 11.8 Å². The van der Waals surface area contributed by atoms with Crippen molar-refractivity contribution >= 4 is 29.1 Å². The average Bonchev–Trinajstić information content (AvgIpc) is 2.97. The van der Waals surface area contributed by atoms with Crippen LogP contribution >= 0.6 is 0 Å². The smallest absolute Gasteiger partial charge is 0.251 e. The monoisotopic (exact) mass is 518 g/mol. The van der Waals surface area contributed by atoms with Gasteiger partial charge in [-0.25, -0.2) is 0 Å². The van der Waals surface area contributed by atoms with Gasteiger partial charge in [0.15, 0.2) is 0 Å². The molecule has 4 aromatic rings. The molecule has 1 unspecified atom stereocenters. The minimum absolute atomic E-state index is 0.156. The van der Waals surface area contributed by atoms with Crippen LogP contribution in [0.5, 0.6) is 0 Å². The number of rotatable bonds is 8. The molecule has 5 rings (SSSR count). The zero-order valence-corrected chi connectivity index (χ0v) is 21.5. The first-order valence-corrected chi connectivity index (χ1v) is 12.9. The molecule has 3 amide bonds. The number of nitrogens with zero attached hydrogens (tertiary/aromatic N) is 1. The molecule has 0 aliphatic carbocycles. The molecule has 0 aromatic heterocycles. The van der Waals surface area contributed by atoms with Crippen molar-refractivity contribution in [2.24, 2.45) is 5.73 Å². The van der Waals surface area contributed by atoms with Gasteiger partial charge in [0.25, 0.3) is 5.91 Å². The van der Waals surface area contributed by atoms with Crippen molar-refractivity contribution in [3.8, 4) is 0 Å². The molecular weight excluding hydrogens is 488 g/mol. The molecule has 0 radical (unpaired) electrons. The van der Waals surface area contributed by atoms with Crippen molar-refractivity contribution in [2.75, 3.05) is 10.2 Å². The molecule has 1 aliphatic rings. The number of nitrogens with two attached hydrogens (primary N) is 1. The predicted molar refractivity (Wildman–Crippen MR) is 152 cm³/mol. The molecule has 0 saturated carbocycles. The van der Waals surface area contributed by atoms with Crippen molar-refractivity contribution in [2.45, 2.75) is 32.0 Å². The number of hydrogen-bond acceptors (Lipinski definition) is 4. The molecule has 0 bridgehead atoms. The van der Waals surface area contributed by atoms with Gasteiger partial charge in [-0.2, -0.15) is 0 Å². The summed E-state index contributed by atoms with van der Waals surface area (Å²) < 4.78 is 0. The zero-order chi connectivity index (χ0) is 27.2. The fourth-order valence-electron chi connectivity index (χ4n) is 4.82. The van der Waals surface area contributed by atoms with Crippen LogP contribution in [0.4, 0.5) is 11.4 Å². The summed E-state index contributed by atoms with van der Waals surface area (Å²) in [7, 11) is 0. The molecule has 1 aliphatic heterocycles. The van der Waals surface area contributed by atoms with Crippen molar-refractivity contribution in [1.29, 1.82) is 0 Å². The first-order chi connectivity index (χ1) is 19.0. The third-order valence-corrected chi connectivity index (χ3v) is 6.81. The second kappa shape index (κ2) is 11.8. The first-order valence-electron chi connectivity index (χ1n) is 12.9. The van der Waals surface area contributed by atoms with Crippen LogP contribution < -0.4 is 21.3 Å². The van der Waals surface area contributed by atoms with Crippen molar-refractivity contribution in [3.63, 3.8) is 0 Å². The van der Waals surface area contributed by atoms with Gasteiger partial charge in [0, 0.05) is 25.1 Å². The number of carbonyl (C=O) groups excluding carboxylic acids is 3. The number of benzene rings is 4. The molecular formula is C32H30N4O3. The van der Waals surface area contributed by atoms with E-state index in [1.165, 1.54) is 0 Å². The lowest BCUT2D eigenvalue weighted by Gasteiger charge is -2.37. The molecule has 0 saturated heterocycles. The van der Waals surface area contributed by atoms with Crippen LogP contribution in [-0.2, 0) is 35.5 Å². The third kappa shape index (κ3) is 6.05. The highest BCUT2D eigenvalue weighted by Gasteiger charge is 2.37. The summed E-state index contributed by atoms with van der Waals surface area (Å²) >= 11 is 0. The van der Waals surface area contributed by atoms with E-state index in [-0.39, 0.29) is 24.1 Å². The molecule has 0 fully saturated rings. The summed E-state index contributed by atoms with van der Waals surface area (Å²) in [5, 5.41) is 5.86. The zero-order valence-electron chi connectivity index (χ0n) is 21.5. The molecule has 7 nitrogen and oxygen atoms in total. The van der Waals surface area contributed by atoms with Gasteiger partial charge < -0.3 is 16.4 Å². The number of fused-ring (bicyclic) bond motifs is 1. The van der Waals surface area contributed by atoms with Gasteiger partial charge in [-0.15, -0.1) is 0 Å². The molecule has 196 valence electrons. The molecule has 7 heteroatoms. The summed E-state index contributed by atoms with van der Waals surface area (Å²) in [5.74, 6) is -0.752. The van der Waals surface area contributed by atoms with Gasteiger partial charge in [0.1, 0.15) is 6.04 Å². The lowest BCUT2D eigenvalue weighted by molar-refractivity contribution is -0.123. The van der Waals surface area contributed by atoms with E-state index in [1.807, 2.05) is 84.9 Å². The van der Waals surface area contributed by atoms with E-state index < -0.39 is 6.04 Å². The van der Waals surface area contributed by atoms with E-state index in [0.29, 0.717) is 36.4 Å². The largest absolute Gasteiger partial charge is 0.348 e. The van der Waals surface area contributed by atoms with Crippen LogP contribution in [0.3, 0.4) is 0 Å². The number of amides is 3. The Bertz CT molecular complexity index is 1490. The highest BCUT2D eigenvalue weighted by atomic mass is 16.2. The Kier molecular flexibility index (Phi) is 7.80. The highest BCUT2D eigenvalue weighted by molar-refractivity contribution is 6.13. The van der Waals surface area contributed by atoms with E-state index in [2.05, 4.69) is 10.6 Å². The fourth-order valence-corrected chi connectivity index (χ4v) is 4.82. The summed E-state index contributed by atoms with van der Waals surface area (Å²) in [5.41, 5.74) is 10.9. The SMILES string of the molecule is NCc1cccc(CNC(=O)c2ccc3c(c2)NC(=O)C(Cc2ccccc2)N3C(=O)Cc2ccccc2)c1. The molecule has 4 aromatic carbocycles. The van der Waals surface area contributed by atoms with Crippen LogP contribution in [0, 0.1) is 0 Å². The number of anilines is 2. The van der Waals surface area contributed by atoms with Crippen molar-refractivity contribution in [3.05, 3.63) is 131 Å². The molecule has 0 spiro atoms. The summed E-state index contributed by atoms with van der Waals surface area (Å²) in [4.78, 5) is 41.6. The number of hydrogen-bond donors (Lipinski definition) is 3. The fraction of sp³-hybridized carbons (Fsp3) is 0.156. The lowest BCUT2D eigenvalue weighted by Crippen LogP contribution is -2.52. The average molecular weight is 519 g/mol. The van der Waals surface area contributed by atoms with Crippen LogP contribution in [-0.4, -0.2) is 23.8 Å². The Labute approximate surface area is 227 Å². The second-order valence-electron chi connectivity index (χ2n) is 9.56. The van der Waals surface area contributed by atoms with Crippen LogP contribution in [0.1, 0.15) is 32.6 Å². The lowest BCUT2D eigenvalue weighted by atomic mass is 9.98. The Hall–Kier alpha value is -4.75. The van der Waals surface area contributed by atoms with E-state index in [1.54, 1.807) is 23.1 Å².